The number of nitrogens with one attached hydrogen (secondary N) is 1. The van der Waals surface area contributed by atoms with E-state index in [9.17, 15) is 18.3 Å². The van der Waals surface area contributed by atoms with Crippen molar-refractivity contribution in [2.24, 2.45) is 4.99 Å². The summed E-state index contributed by atoms with van der Waals surface area (Å²) in [7, 11) is 0. The highest BCUT2D eigenvalue weighted by Gasteiger charge is 2.44. The van der Waals surface area contributed by atoms with E-state index in [0.29, 0.717) is 5.75 Å². The van der Waals surface area contributed by atoms with Crippen molar-refractivity contribution in [2.75, 3.05) is 0 Å². The van der Waals surface area contributed by atoms with Gasteiger partial charge in [0, 0.05) is 0 Å². The Balaban J connectivity index is 2.31. The number of halogens is 3. The minimum absolute atomic E-state index is 0.0566. The molecular formula is C13H13F3N2O2. The maximum absolute atomic E-state index is 12.6. The van der Waals surface area contributed by atoms with Crippen LogP contribution in [0.1, 0.15) is 13.8 Å². The molecule has 7 heteroatoms. The quantitative estimate of drug-likeness (QED) is 0.878. The predicted octanol–water partition coefficient (Wildman–Crippen LogP) is 2.57. The van der Waals surface area contributed by atoms with E-state index >= 15 is 0 Å². The van der Waals surface area contributed by atoms with Gasteiger partial charge < -0.3 is 15.2 Å². The molecule has 0 fully saturated rings. The number of hydrogen-bond acceptors (Lipinski definition) is 4. The predicted molar refractivity (Wildman–Crippen MR) is 67.0 cm³/mol. The lowest BCUT2D eigenvalue weighted by Gasteiger charge is -2.30. The van der Waals surface area contributed by atoms with E-state index in [-0.39, 0.29) is 11.5 Å². The van der Waals surface area contributed by atoms with Gasteiger partial charge in [-0.05, 0) is 26.0 Å². The fourth-order valence-electron chi connectivity index (χ4n) is 1.80. The highest BCUT2D eigenvalue weighted by atomic mass is 19.4. The second-order valence-electron chi connectivity index (χ2n) is 4.47. The number of aliphatic hydroxyl groups is 1. The highest BCUT2D eigenvalue weighted by Crippen LogP contribution is 2.30. The number of alkyl halides is 3. The second-order valence-corrected chi connectivity index (χ2v) is 4.47. The maximum Gasteiger partial charge on any atom is 0.449 e. The Morgan fingerprint density at radius 3 is 2.35 bits per heavy atom. The van der Waals surface area contributed by atoms with E-state index in [4.69, 9.17) is 4.74 Å². The Labute approximate surface area is 113 Å². The van der Waals surface area contributed by atoms with Gasteiger partial charge >= 0.3 is 6.18 Å². The van der Waals surface area contributed by atoms with Gasteiger partial charge in [0.15, 0.2) is 5.76 Å². The SMILES string of the molecule is CC1=C(Oc2ccccc2)C(C)(O)N=C(C(F)(F)F)N1. The number of para-hydroxylation sites is 1. The van der Waals surface area contributed by atoms with E-state index in [1.807, 2.05) is 0 Å². The molecule has 1 unspecified atom stereocenters. The summed E-state index contributed by atoms with van der Waals surface area (Å²) < 4.78 is 43.4. The Hall–Kier alpha value is -2.02. The first-order valence-corrected chi connectivity index (χ1v) is 5.81. The number of allylic oxidation sites excluding steroid dienone is 1. The zero-order chi connectivity index (χ0) is 15.0. The molecule has 0 saturated heterocycles. The molecule has 0 aromatic heterocycles. The van der Waals surface area contributed by atoms with Gasteiger partial charge in [0.25, 0.3) is 0 Å². The molecule has 20 heavy (non-hydrogen) atoms. The average molecular weight is 286 g/mol. The number of rotatable bonds is 2. The molecule has 1 aliphatic rings. The molecular weight excluding hydrogens is 273 g/mol. The maximum atomic E-state index is 12.6. The number of hydrogen-bond donors (Lipinski definition) is 2. The number of amidine groups is 1. The van der Waals surface area contributed by atoms with Crippen molar-refractivity contribution in [3.63, 3.8) is 0 Å². The largest absolute Gasteiger partial charge is 0.455 e. The van der Waals surface area contributed by atoms with Crippen LogP contribution >= 0.6 is 0 Å². The molecule has 0 bridgehead atoms. The van der Waals surface area contributed by atoms with Crippen LogP contribution in [-0.2, 0) is 0 Å². The fourth-order valence-corrected chi connectivity index (χ4v) is 1.80. The van der Waals surface area contributed by atoms with Gasteiger partial charge in [-0.3, -0.25) is 0 Å². The Bertz CT molecular complexity index is 563. The number of aliphatic imine (C=N–C) groups is 1. The lowest BCUT2D eigenvalue weighted by atomic mass is 10.1. The summed E-state index contributed by atoms with van der Waals surface area (Å²) in [5.41, 5.74) is -2.03. The molecule has 108 valence electrons. The minimum atomic E-state index is -4.66. The number of nitrogens with zero attached hydrogens (tertiary/aromatic N) is 1. The zero-order valence-electron chi connectivity index (χ0n) is 10.8. The highest BCUT2D eigenvalue weighted by molar-refractivity contribution is 5.90. The van der Waals surface area contributed by atoms with Gasteiger partial charge in [-0.1, -0.05) is 18.2 Å². The summed E-state index contributed by atoms with van der Waals surface area (Å²) >= 11 is 0. The van der Waals surface area contributed by atoms with Crippen molar-refractivity contribution in [3.05, 3.63) is 41.8 Å². The minimum Gasteiger partial charge on any atom is -0.455 e. The second kappa shape index (κ2) is 4.82. The topological polar surface area (TPSA) is 53.9 Å². The summed E-state index contributed by atoms with van der Waals surface area (Å²) in [6.45, 7) is 2.52. The molecule has 1 aromatic rings. The third-order valence-electron chi connectivity index (χ3n) is 2.64. The molecule has 2 rings (SSSR count). The molecule has 0 saturated carbocycles. The van der Waals surface area contributed by atoms with Gasteiger partial charge in [-0.2, -0.15) is 13.2 Å². The zero-order valence-corrected chi connectivity index (χ0v) is 10.8. The standard InChI is InChI=1S/C13H13F3N2O2/c1-8-10(20-9-6-4-3-5-7-9)12(2,19)18-11(17-8)13(14,15)16/h3-7,19H,1-2H3,(H,17,18). The first-order valence-electron chi connectivity index (χ1n) is 5.81. The third-order valence-corrected chi connectivity index (χ3v) is 2.64. The molecule has 2 N–H and O–H groups in total. The van der Waals surface area contributed by atoms with E-state index in [2.05, 4.69) is 10.3 Å². The fraction of sp³-hybridized carbons (Fsp3) is 0.308. The van der Waals surface area contributed by atoms with Crippen LogP contribution in [-0.4, -0.2) is 22.8 Å². The van der Waals surface area contributed by atoms with Crippen molar-refractivity contribution >= 4 is 5.84 Å². The molecule has 0 radical (unpaired) electrons. The molecule has 4 nitrogen and oxygen atoms in total. The first-order chi connectivity index (χ1) is 9.20. The summed E-state index contributed by atoms with van der Waals surface area (Å²) in [5, 5.41) is 12.2. The van der Waals surface area contributed by atoms with Crippen LogP contribution in [0.5, 0.6) is 5.75 Å². The molecule has 1 atom stereocenters. The first kappa shape index (κ1) is 14.4. The average Bonchev–Trinajstić information content (AvgIpc) is 2.33. The van der Waals surface area contributed by atoms with Crippen molar-refractivity contribution in [1.29, 1.82) is 0 Å². The molecule has 1 aliphatic heterocycles. The summed E-state index contributed by atoms with van der Waals surface area (Å²) in [4.78, 5) is 3.27. The van der Waals surface area contributed by atoms with Crippen LogP contribution in [0.3, 0.4) is 0 Å². The van der Waals surface area contributed by atoms with Crippen LogP contribution in [0.25, 0.3) is 0 Å². The third kappa shape index (κ3) is 2.93. The van der Waals surface area contributed by atoms with Gasteiger partial charge in [0.1, 0.15) is 5.75 Å². The van der Waals surface area contributed by atoms with Gasteiger partial charge in [-0.25, -0.2) is 4.99 Å². The number of benzene rings is 1. The Morgan fingerprint density at radius 2 is 1.85 bits per heavy atom. The van der Waals surface area contributed by atoms with Gasteiger partial charge in [0.2, 0.25) is 11.6 Å². The Kier molecular flexibility index (Phi) is 3.47. The monoisotopic (exact) mass is 286 g/mol. The van der Waals surface area contributed by atoms with Gasteiger partial charge in [0.05, 0.1) is 5.70 Å². The van der Waals surface area contributed by atoms with E-state index in [1.54, 1.807) is 30.3 Å². The normalized spacial score (nSPS) is 23.2. The molecule has 0 aliphatic carbocycles. The van der Waals surface area contributed by atoms with Crippen molar-refractivity contribution in [2.45, 2.75) is 25.7 Å². The number of ether oxygens (including phenoxy) is 1. The smallest absolute Gasteiger partial charge is 0.449 e. The molecule has 0 amide bonds. The van der Waals surface area contributed by atoms with Crippen molar-refractivity contribution in [3.8, 4) is 5.75 Å². The van der Waals surface area contributed by atoms with Crippen LogP contribution < -0.4 is 10.1 Å². The van der Waals surface area contributed by atoms with Crippen LogP contribution in [0.4, 0.5) is 13.2 Å². The van der Waals surface area contributed by atoms with Crippen LogP contribution in [0.15, 0.2) is 46.8 Å². The van der Waals surface area contributed by atoms with E-state index < -0.39 is 17.7 Å². The Morgan fingerprint density at radius 1 is 1.25 bits per heavy atom. The summed E-state index contributed by atoms with van der Waals surface area (Å²) in [5.74, 6) is -0.924. The van der Waals surface area contributed by atoms with Crippen LogP contribution in [0, 0.1) is 0 Å². The van der Waals surface area contributed by atoms with Crippen molar-refractivity contribution < 1.29 is 23.0 Å². The lowest BCUT2D eigenvalue weighted by molar-refractivity contribution is -0.0652. The molecule has 1 aromatic carbocycles. The van der Waals surface area contributed by atoms with Crippen LogP contribution in [0.2, 0.25) is 0 Å². The van der Waals surface area contributed by atoms with E-state index in [1.165, 1.54) is 6.92 Å². The van der Waals surface area contributed by atoms with Gasteiger partial charge in [-0.15, -0.1) is 0 Å². The summed E-state index contributed by atoms with van der Waals surface area (Å²) in [6, 6.07) is 8.44. The van der Waals surface area contributed by atoms with Crippen molar-refractivity contribution in [1.82, 2.24) is 5.32 Å². The lowest BCUT2D eigenvalue weighted by Crippen LogP contribution is -2.46. The molecule has 1 heterocycles. The summed E-state index contributed by atoms with van der Waals surface area (Å²) in [6.07, 6.45) is -4.66. The molecule has 0 spiro atoms. The van der Waals surface area contributed by atoms with E-state index in [0.717, 1.165) is 6.92 Å².